The number of fused-ring (bicyclic) bond motifs is 1. The summed E-state index contributed by atoms with van der Waals surface area (Å²) in [5.74, 6) is 0.796. The van der Waals surface area contributed by atoms with Gasteiger partial charge < -0.3 is 9.42 Å². The molecule has 0 N–H and O–H groups in total. The zero-order valence-electron chi connectivity index (χ0n) is 21.1. The van der Waals surface area contributed by atoms with E-state index in [2.05, 4.69) is 10.1 Å². The van der Waals surface area contributed by atoms with E-state index < -0.39 is 15.8 Å². The molecule has 0 saturated carbocycles. The number of sulfonamides is 1. The molecule has 1 aliphatic rings. The van der Waals surface area contributed by atoms with Crippen LogP contribution in [0.5, 0.6) is 0 Å². The van der Waals surface area contributed by atoms with E-state index in [0.29, 0.717) is 60.9 Å². The number of nitrogens with zero attached hydrogens (tertiary/aromatic N) is 5. The predicted octanol–water partition coefficient (Wildman–Crippen LogP) is 4.92. The van der Waals surface area contributed by atoms with Crippen molar-refractivity contribution in [2.45, 2.75) is 17.7 Å². The van der Waals surface area contributed by atoms with Crippen LogP contribution in [0.4, 0.5) is 10.2 Å². The van der Waals surface area contributed by atoms with E-state index in [1.54, 1.807) is 0 Å². The standard InChI is InChI=1S/C29H26FN5O3S/c30-23-12-14-24(15-13-23)39(36,37)35-17-7-16-34(18-19-35)28-26-27(22-10-5-2-6-11-22)33-38-29(26)32-25(31-28)20-21-8-3-1-4-9-21/h1-6,8-15H,7,16-20H2. The SMILES string of the molecule is O=S(=O)(c1ccc(F)cc1)N1CCCN(c2nc(Cc3ccccc3)nc3onc(-c4ccccc4)c23)CC1. The summed E-state index contributed by atoms with van der Waals surface area (Å²) in [6.45, 7) is 1.60. The zero-order chi connectivity index (χ0) is 26.8. The minimum atomic E-state index is -3.76. The van der Waals surface area contributed by atoms with Gasteiger partial charge in [0.25, 0.3) is 5.71 Å². The van der Waals surface area contributed by atoms with Gasteiger partial charge in [-0.05, 0) is 36.2 Å². The molecular weight excluding hydrogens is 517 g/mol. The van der Waals surface area contributed by atoms with Crippen LogP contribution in [0, 0.1) is 5.82 Å². The van der Waals surface area contributed by atoms with E-state index in [4.69, 9.17) is 14.5 Å². The molecule has 1 fully saturated rings. The highest BCUT2D eigenvalue weighted by Crippen LogP contribution is 2.34. The molecule has 2 aromatic heterocycles. The molecule has 5 aromatic rings. The largest absolute Gasteiger partial charge is 0.354 e. The molecule has 1 saturated heterocycles. The predicted molar refractivity (Wildman–Crippen MR) is 146 cm³/mol. The minimum absolute atomic E-state index is 0.0809. The van der Waals surface area contributed by atoms with Crippen molar-refractivity contribution in [3.05, 3.63) is 102 Å². The van der Waals surface area contributed by atoms with Crippen LogP contribution < -0.4 is 4.90 Å². The first kappa shape index (κ1) is 25.1. The van der Waals surface area contributed by atoms with Gasteiger partial charge in [0.15, 0.2) is 0 Å². The Morgan fingerprint density at radius 2 is 1.54 bits per heavy atom. The van der Waals surface area contributed by atoms with Crippen molar-refractivity contribution < 1.29 is 17.3 Å². The first-order chi connectivity index (χ1) is 19.0. The Morgan fingerprint density at radius 1 is 0.821 bits per heavy atom. The summed E-state index contributed by atoms with van der Waals surface area (Å²) in [5, 5.41) is 5.05. The molecule has 6 rings (SSSR count). The number of hydrogen-bond donors (Lipinski definition) is 0. The molecule has 0 atom stereocenters. The lowest BCUT2D eigenvalue weighted by atomic mass is 10.1. The highest BCUT2D eigenvalue weighted by atomic mass is 32.2. The van der Waals surface area contributed by atoms with Gasteiger partial charge in [0.1, 0.15) is 28.5 Å². The number of rotatable bonds is 6. The molecule has 0 spiro atoms. The maximum Gasteiger partial charge on any atom is 0.263 e. The van der Waals surface area contributed by atoms with Crippen molar-refractivity contribution in [1.82, 2.24) is 19.4 Å². The van der Waals surface area contributed by atoms with Crippen LogP contribution >= 0.6 is 0 Å². The fourth-order valence-electron chi connectivity index (χ4n) is 4.86. The third kappa shape index (κ3) is 5.13. The third-order valence-electron chi connectivity index (χ3n) is 6.82. The fraction of sp³-hybridized carbons (Fsp3) is 0.207. The number of hydrogen-bond acceptors (Lipinski definition) is 7. The molecule has 0 aliphatic carbocycles. The maximum absolute atomic E-state index is 13.4. The summed E-state index contributed by atoms with van der Waals surface area (Å²) in [6.07, 6.45) is 1.11. The van der Waals surface area contributed by atoms with E-state index in [1.807, 2.05) is 60.7 Å². The van der Waals surface area contributed by atoms with Crippen LogP contribution in [0.15, 0.2) is 94.3 Å². The summed E-state index contributed by atoms with van der Waals surface area (Å²) in [5.41, 5.74) is 2.99. The van der Waals surface area contributed by atoms with Crippen molar-refractivity contribution in [2.75, 3.05) is 31.1 Å². The topological polar surface area (TPSA) is 92.4 Å². The van der Waals surface area contributed by atoms with Gasteiger partial charge in [-0.3, -0.25) is 0 Å². The summed E-state index contributed by atoms with van der Waals surface area (Å²) in [7, 11) is -3.76. The van der Waals surface area contributed by atoms with E-state index in [9.17, 15) is 12.8 Å². The fourth-order valence-corrected chi connectivity index (χ4v) is 6.33. The van der Waals surface area contributed by atoms with Crippen LogP contribution in [0.3, 0.4) is 0 Å². The van der Waals surface area contributed by atoms with Gasteiger partial charge in [-0.1, -0.05) is 65.8 Å². The Morgan fingerprint density at radius 3 is 2.28 bits per heavy atom. The first-order valence-corrected chi connectivity index (χ1v) is 14.2. The Hall–Kier alpha value is -4.15. The van der Waals surface area contributed by atoms with E-state index in [-0.39, 0.29) is 11.4 Å². The molecule has 8 nitrogen and oxygen atoms in total. The summed E-state index contributed by atoms with van der Waals surface area (Å²) < 4.78 is 47.2. The van der Waals surface area contributed by atoms with Gasteiger partial charge in [-0.2, -0.15) is 9.29 Å². The average Bonchev–Trinajstić information content (AvgIpc) is 3.22. The van der Waals surface area contributed by atoms with Crippen molar-refractivity contribution in [3.8, 4) is 11.3 Å². The second-order valence-corrected chi connectivity index (χ2v) is 11.3. The Labute approximate surface area is 225 Å². The smallest absolute Gasteiger partial charge is 0.263 e. The number of anilines is 1. The van der Waals surface area contributed by atoms with Crippen molar-refractivity contribution in [2.24, 2.45) is 0 Å². The second-order valence-electron chi connectivity index (χ2n) is 9.40. The number of halogens is 1. The first-order valence-electron chi connectivity index (χ1n) is 12.8. The highest BCUT2D eigenvalue weighted by Gasteiger charge is 2.29. The lowest BCUT2D eigenvalue weighted by Crippen LogP contribution is -2.35. The molecule has 3 heterocycles. The Kier molecular flexibility index (Phi) is 6.80. The van der Waals surface area contributed by atoms with Gasteiger partial charge in [0.2, 0.25) is 10.0 Å². The molecule has 39 heavy (non-hydrogen) atoms. The molecule has 0 bridgehead atoms. The van der Waals surface area contributed by atoms with Gasteiger partial charge in [0.05, 0.1) is 4.90 Å². The lowest BCUT2D eigenvalue weighted by Gasteiger charge is -2.23. The highest BCUT2D eigenvalue weighted by molar-refractivity contribution is 7.89. The molecule has 0 radical (unpaired) electrons. The van der Waals surface area contributed by atoms with Crippen molar-refractivity contribution in [1.29, 1.82) is 0 Å². The molecule has 1 aliphatic heterocycles. The van der Waals surface area contributed by atoms with Gasteiger partial charge in [-0.15, -0.1) is 0 Å². The van der Waals surface area contributed by atoms with Crippen LogP contribution in [-0.2, 0) is 16.4 Å². The molecule has 10 heteroatoms. The molecule has 3 aromatic carbocycles. The zero-order valence-corrected chi connectivity index (χ0v) is 21.9. The number of benzene rings is 3. The third-order valence-corrected chi connectivity index (χ3v) is 8.73. The molecule has 198 valence electrons. The van der Waals surface area contributed by atoms with Crippen LogP contribution in [0.2, 0.25) is 0 Å². The van der Waals surface area contributed by atoms with Crippen molar-refractivity contribution >= 4 is 26.9 Å². The summed E-state index contributed by atoms with van der Waals surface area (Å²) in [6, 6.07) is 24.6. The van der Waals surface area contributed by atoms with Crippen molar-refractivity contribution in [3.63, 3.8) is 0 Å². The second kappa shape index (κ2) is 10.5. The maximum atomic E-state index is 13.4. The lowest BCUT2D eigenvalue weighted by molar-refractivity contribution is 0.433. The molecular formula is C29H26FN5O3S. The van der Waals surface area contributed by atoms with E-state index in [1.165, 1.54) is 28.6 Å². The normalized spacial score (nSPS) is 14.9. The monoisotopic (exact) mass is 543 g/mol. The number of aromatic nitrogens is 3. The Balaban J connectivity index is 1.37. The van der Waals surface area contributed by atoms with Gasteiger partial charge >= 0.3 is 0 Å². The van der Waals surface area contributed by atoms with E-state index >= 15 is 0 Å². The van der Waals surface area contributed by atoms with Gasteiger partial charge in [-0.25, -0.2) is 17.8 Å². The molecule has 0 amide bonds. The van der Waals surface area contributed by atoms with E-state index in [0.717, 1.165) is 11.1 Å². The minimum Gasteiger partial charge on any atom is -0.354 e. The summed E-state index contributed by atoms with van der Waals surface area (Å²) >= 11 is 0. The van der Waals surface area contributed by atoms with Crippen LogP contribution in [0.1, 0.15) is 17.8 Å². The average molecular weight is 544 g/mol. The molecule has 0 unspecified atom stereocenters. The summed E-state index contributed by atoms with van der Waals surface area (Å²) in [4.78, 5) is 11.8. The quantitative estimate of drug-likeness (QED) is 0.300. The van der Waals surface area contributed by atoms with Crippen LogP contribution in [0.25, 0.3) is 22.4 Å². The van der Waals surface area contributed by atoms with Crippen LogP contribution in [-0.4, -0.2) is 54.0 Å². The van der Waals surface area contributed by atoms with Gasteiger partial charge in [0, 0.05) is 38.2 Å². The Bertz CT molecular complexity index is 1690.